The van der Waals surface area contributed by atoms with Crippen LogP contribution < -0.4 is 5.32 Å². The lowest BCUT2D eigenvalue weighted by Gasteiger charge is -2.34. The largest absolute Gasteiger partial charge is 0.466 e. The Bertz CT molecular complexity index is 761. The summed E-state index contributed by atoms with van der Waals surface area (Å²) in [5.74, 6) is -0.979. The van der Waals surface area contributed by atoms with E-state index in [0.717, 1.165) is 19.3 Å². The van der Waals surface area contributed by atoms with Gasteiger partial charge in [0, 0.05) is 27.2 Å². The molecule has 0 saturated heterocycles. The molecule has 1 aromatic rings. The summed E-state index contributed by atoms with van der Waals surface area (Å²) in [5.41, 5.74) is 1.86. The average molecular weight is 504 g/mol. The van der Waals surface area contributed by atoms with Gasteiger partial charge in [-0.05, 0) is 43.2 Å². The number of carbonyl (C=O) groups is 3. The van der Waals surface area contributed by atoms with Crippen LogP contribution in [0.25, 0.3) is 0 Å². The number of amides is 1. The summed E-state index contributed by atoms with van der Waals surface area (Å²) < 4.78 is 10.4. The molecule has 0 radical (unpaired) electrons. The summed E-state index contributed by atoms with van der Waals surface area (Å²) in [5, 5.41) is 2.96. The van der Waals surface area contributed by atoms with E-state index in [1.807, 2.05) is 0 Å². The number of hydrogen-bond donors (Lipinski definition) is 1. The smallest absolute Gasteiger partial charge is 0.302 e. The molecule has 0 aliphatic carbocycles. The lowest BCUT2D eigenvalue weighted by Crippen LogP contribution is -2.52. The van der Waals surface area contributed by atoms with E-state index >= 15 is 0 Å². The van der Waals surface area contributed by atoms with E-state index in [1.165, 1.54) is 89.7 Å². The SMILES string of the molecule is CCCCCCCCCCCc1ccc(CCCC(CCOC(C)=O)(COC(C)=O)NC(C)=O)cc1. The maximum atomic E-state index is 11.9. The third-order valence-corrected chi connectivity index (χ3v) is 6.59. The first kappa shape index (κ1) is 31.7. The Balaban J connectivity index is 2.49. The first-order chi connectivity index (χ1) is 17.3. The van der Waals surface area contributed by atoms with Gasteiger partial charge in [0.05, 0.1) is 12.1 Å². The fourth-order valence-electron chi connectivity index (χ4n) is 4.58. The van der Waals surface area contributed by atoms with Gasteiger partial charge >= 0.3 is 11.9 Å². The lowest BCUT2D eigenvalue weighted by atomic mass is 9.88. The molecule has 1 rings (SSSR count). The van der Waals surface area contributed by atoms with Crippen molar-refractivity contribution in [3.8, 4) is 0 Å². The van der Waals surface area contributed by atoms with Crippen LogP contribution in [0.5, 0.6) is 0 Å². The van der Waals surface area contributed by atoms with Crippen LogP contribution in [0.1, 0.15) is 116 Å². The van der Waals surface area contributed by atoms with Crippen LogP contribution in [0.4, 0.5) is 0 Å². The third-order valence-electron chi connectivity index (χ3n) is 6.59. The van der Waals surface area contributed by atoms with Crippen molar-refractivity contribution in [3.63, 3.8) is 0 Å². The average Bonchev–Trinajstić information content (AvgIpc) is 2.82. The fraction of sp³-hybridized carbons (Fsp3) is 0.700. The monoisotopic (exact) mass is 503 g/mol. The molecule has 204 valence electrons. The summed E-state index contributed by atoms with van der Waals surface area (Å²) in [6.07, 6.45) is 15.9. The van der Waals surface area contributed by atoms with Crippen molar-refractivity contribution in [2.45, 2.75) is 123 Å². The zero-order valence-electron chi connectivity index (χ0n) is 23.2. The van der Waals surface area contributed by atoms with Crippen molar-refractivity contribution in [1.29, 1.82) is 0 Å². The Labute approximate surface area is 218 Å². The molecule has 1 atom stereocenters. The quantitative estimate of drug-likeness (QED) is 0.163. The van der Waals surface area contributed by atoms with Gasteiger partial charge < -0.3 is 14.8 Å². The van der Waals surface area contributed by atoms with Crippen LogP contribution in [0.3, 0.4) is 0 Å². The van der Waals surface area contributed by atoms with Gasteiger partial charge in [0.15, 0.2) is 0 Å². The molecule has 1 amide bonds. The van der Waals surface area contributed by atoms with E-state index in [0.29, 0.717) is 12.8 Å². The van der Waals surface area contributed by atoms with Gasteiger partial charge in [-0.15, -0.1) is 0 Å². The Morgan fingerprint density at radius 3 is 1.69 bits per heavy atom. The van der Waals surface area contributed by atoms with E-state index in [1.54, 1.807) is 0 Å². The fourth-order valence-corrected chi connectivity index (χ4v) is 4.58. The number of hydrogen-bond acceptors (Lipinski definition) is 5. The van der Waals surface area contributed by atoms with Crippen LogP contribution in [-0.2, 0) is 36.7 Å². The second-order valence-electron chi connectivity index (χ2n) is 10.1. The Morgan fingerprint density at radius 1 is 0.694 bits per heavy atom. The van der Waals surface area contributed by atoms with Gasteiger partial charge in [-0.25, -0.2) is 0 Å². The van der Waals surface area contributed by atoms with E-state index < -0.39 is 11.5 Å². The molecule has 0 fully saturated rings. The minimum atomic E-state index is -0.761. The Kier molecular flexibility index (Phi) is 16.6. The topological polar surface area (TPSA) is 81.7 Å². The summed E-state index contributed by atoms with van der Waals surface area (Å²) in [6, 6.07) is 8.82. The molecule has 0 heterocycles. The van der Waals surface area contributed by atoms with Crippen molar-refractivity contribution in [3.05, 3.63) is 35.4 Å². The van der Waals surface area contributed by atoms with Crippen molar-refractivity contribution in [2.24, 2.45) is 0 Å². The zero-order chi connectivity index (χ0) is 26.7. The number of nitrogens with one attached hydrogen (secondary N) is 1. The van der Waals surface area contributed by atoms with Gasteiger partial charge in [0.2, 0.25) is 5.91 Å². The molecule has 1 unspecified atom stereocenters. The van der Waals surface area contributed by atoms with E-state index in [4.69, 9.17) is 9.47 Å². The zero-order valence-corrected chi connectivity index (χ0v) is 23.2. The second kappa shape index (κ2) is 18.8. The summed E-state index contributed by atoms with van der Waals surface area (Å²) >= 11 is 0. The van der Waals surface area contributed by atoms with E-state index in [9.17, 15) is 14.4 Å². The first-order valence-electron chi connectivity index (χ1n) is 13.9. The van der Waals surface area contributed by atoms with Gasteiger partial charge in [0.25, 0.3) is 0 Å². The molecule has 0 saturated carbocycles. The highest BCUT2D eigenvalue weighted by atomic mass is 16.5. The summed E-state index contributed by atoms with van der Waals surface area (Å²) in [4.78, 5) is 34.6. The number of carbonyl (C=O) groups excluding carboxylic acids is 3. The number of aryl methyl sites for hydroxylation is 2. The van der Waals surface area contributed by atoms with E-state index in [-0.39, 0.29) is 25.1 Å². The third kappa shape index (κ3) is 15.6. The van der Waals surface area contributed by atoms with Crippen LogP contribution >= 0.6 is 0 Å². The second-order valence-corrected chi connectivity index (χ2v) is 10.1. The number of benzene rings is 1. The highest BCUT2D eigenvalue weighted by molar-refractivity contribution is 5.74. The molecule has 0 aromatic heterocycles. The van der Waals surface area contributed by atoms with E-state index in [2.05, 4.69) is 36.5 Å². The van der Waals surface area contributed by atoms with Crippen molar-refractivity contribution >= 4 is 17.8 Å². The molecular weight excluding hydrogens is 454 g/mol. The highest BCUT2D eigenvalue weighted by Gasteiger charge is 2.32. The lowest BCUT2D eigenvalue weighted by molar-refractivity contribution is -0.147. The molecule has 0 bridgehead atoms. The standard InChI is InChI=1S/C30H49NO5/c1-5-6-7-8-9-10-11-12-13-15-28-17-19-29(20-18-28)16-14-21-30(31-25(2)32,24-36-27(4)34)22-23-35-26(3)33/h17-20H,5-16,21-24H2,1-4H3,(H,31,32). The van der Waals surface area contributed by atoms with Crippen LogP contribution in [0.2, 0.25) is 0 Å². The first-order valence-corrected chi connectivity index (χ1v) is 13.9. The summed E-state index contributed by atoms with van der Waals surface area (Å²) in [7, 11) is 0. The molecule has 1 N–H and O–H groups in total. The maximum Gasteiger partial charge on any atom is 0.302 e. The predicted molar refractivity (Wildman–Crippen MR) is 145 cm³/mol. The molecule has 6 nitrogen and oxygen atoms in total. The molecule has 6 heteroatoms. The molecule has 0 aliphatic rings. The highest BCUT2D eigenvalue weighted by Crippen LogP contribution is 2.22. The minimum absolute atomic E-state index is 0.0564. The van der Waals surface area contributed by atoms with Crippen molar-refractivity contribution in [2.75, 3.05) is 13.2 Å². The summed E-state index contributed by atoms with van der Waals surface area (Å²) in [6.45, 7) is 6.62. The van der Waals surface area contributed by atoms with Gasteiger partial charge in [-0.2, -0.15) is 0 Å². The van der Waals surface area contributed by atoms with Crippen LogP contribution in [0.15, 0.2) is 24.3 Å². The van der Waals surface area contributed by atoms with Gasteiger partial charge in [0.1, 0.15) is 6.61 Å². The molecule has 36 heavy (non-hydrogen) atoms. The Hall–Kier alpha value is -2.37. The van der Waals surface area contributed by atoms with Crippen LogP contribution in [-0.4, -0.2) is 36.6 Å². The minimum Gasteiger partial charge on any atom is -0.466 e. The van der Waals surface area contributed by atoms with Crippen molar-refractivity contribution in [1.82, 2.24) is 5.32 Å². The number of rotatable bonds is 20. The van der Waals surface area contributed by atoms with Gasteiger partial charge in [-0.1, -0.05) is 82.6 Å². The molecule has 0 aliphatic heterocycles. The predicted octanol–water partition coefficient (Wildman–Crippen LogP) is 6.47. The Morgan fingerprint density at radius 2 is 1.19 bits per heavy atom. The van der Waals surface area contributed by atoms with Gasteiger partial charge in [-0.3, -0.25) is 14.4 Å². The number of ether oxygens (including phenoxy) is 2. The van der Waals surface area contributed by atoms with Crippen LogP contribution in [0, 0.1) is 0 Å². The molecular formula is C30H49NO5. The number of unbranched alkanes of at least 4 members (excludes halogenated alkanes) is 8. The normalized spacial score (nSPS) is 12.6. The molecule has 0 spiro atoms. The number of esters is 2. The van der Waals surface area contributed by atoms with Crippen molar-refractivity contribution < 1.29 is 23.9 Å². The molecule has 1 aromatic carbocycles. The maximum absolute atomic E-state index is 11.9.